The van der Waals surface area contributed by atoms with Gasteiger partial charge in [-0.3, -0.25) is 0 Å². The third-order valence-electron chi connectivity index (χ3n) is 3.17. The Hall–Kier alpha value is -1.06. The Labute approximate surface area is 110 Å². The van der Waals surface area contributed by atoms with Crippen LogP contribution in [0.5, 0.6) is 5.75 Å². The predicted molar refractivity (Wildman–Crippen MR) is 75.1 cm³/mol. The smallest absolute Gasteiger partial charge is 0.125 e. The van der Waals surface area contributed by atoms with Gasteiger partial charge in [-0.05, 0) is 39.1 Å². The van der Waals surface area contributed by atoms with Gasteiger partial charge in [-0.1, -0.05) is 25.5 Å². The van der Waals surface area contributed by atoms with Gasteiger partial charge in [-0.2, -0.15) is 0 Å². The molecule has 1 aromatic carbocycles. The highest BCUT2D eigenvalue weighted by Gasteiger charge is 2.09. The summed E-state index contributed by atoms with van der Waals surface area (Å²) in [5.41, 5.74) is 2.01. The van der Waals surface area contributed by atoms with E-state index >= 15 is 0 Å². The van der Waals surface area contributed by atoms with Crippen molar-refractivity contribution >= 4 is 0 Å². The van der Waals surface area contributed by atoms with E-state index in [1.165, 1.54) is 0 Å². The third-order valence-corrected chi connectivity index (χ3v) is 3.17. The first-order chi connectivity index (χ1) is 8.58. The Bertz CT molecular complexity index is 360. The van der Waals surface area contributed by atoms with E-state index in [4.69, 9.17) is 4.74 Å². The van der Waals surface area contributed by atoms with E-state index in [9.17, 15) is 5.11 Å². The zero-order valence-electron chi connectivity index (χ0n) is 11.9. The minimum absolute atomic E-state index is 0.492. The van der Waals surface area contributed by atoms with E-state index in [2.05, 4.69) is 18.7 Å². The molecule has 3 nitrogen and oxygen atoms in total. The van der Waals surface area contributed by atoms with Crippen LogP contribution in [-0.4, -0.2) is 36.2 Å². The maximum absolute atomic E-state index is 9.74. The Morgan fingerprint density at radius 1 is 1.28 bits per heavy atom. The zero-order valence-corrected chi connectivity index (χ0v) is 11.9. The van der Waals surface area contributed by atoms with Crippen molar-refractivity contribution in [2.75, 3.05) is 26.2 Å². The molecule has 0 aromatic heterocycles. The predicted octanol–water partition coefficient (Wildman–Crippen LogP) is 2.77. The van der Waals surface area contributed by atoms with Gasteiger partial charge in [0.15, 0.2) is 0 Å². The molecule has 0 saturated carbocycles. The van der Waals surface area contributed by atoms with E-state index in [1.54, 1.807) is 6.92 Å². The molecule has 1 atom stereocenters. The van der Waals surface area contributed by atoms with E-state index in [0.29, 0.717) is 6.61 Å². The van der Waals surface area contributed by atoms with Crippen LogP contribution in [0.2, 0.25) is 0 Å². The number of hydrogen-bond acceptors (Lipinski definition) is 3. The van der Waals surface area contributed by atoms with Crippen LogP contribution in [0.3, 0.4) is 0 Å². The molecule has 0 radical (unpaired) electrons. The summed E-state index contributed by atoms with van der Waals surface area (Å²) >= 11 is 0. The van der Waals surface area contributed by atoms with Crippen LogP contribution in [0, 0.1) is 6.92 Å². The molecule has 18 heavy (non-hydrogen) atoms. The fraction of sp³-hybridized carbons (Fsp3) is 0.600. The summed E-state index contributed by atoms with van der Waals surface area (Å²) in [6.45, 7) is 11.7. The SMILES string of the molecule is CCN(CC)CCOc1ccc(C)cc1[C@H](C)O. The highest BCUT2D eigenvalue weighted by molar-refractivity contribution is 5.38. The number of nitrogens with zero attached hydrogens (tertiary/aromatic N) is 1. The molecule has 0 saturated heterocycles. The standard InChI is InChI=1S/C15H25NO2/c1-5-16(6-2)9-10-18-15-8-7-12(3)11-14(15)13(4)17/h7-8,11,13,17H,5-6,9-10H2,1-4H3/t13-/m0/s1. The monoisotopic (exact) mass is 251 g/mol. The van der Waals surface area contributed by atoms with Crippen molar-refractivity contribution in [2.24, 2.45) is 0 Å². The lowest BCUT2D eigenvalue weighted by Gasteiger charge is -2.19. The number of benzene rings is 1. The van der Waals surface area contributed by atoms with Gasteiger partial charge in [-0.25, -0.2) is 0 Å². The van der Waals surface area contributed by atoms with Gasteiger partial charge in [0.2, 0.25) is 0 Å². The first-order valence-electron chi connectivity index (χ1n) is 6.72. The molecule has 0 spiro atoms. The Balaban J connectivity index is 2.61. The van der Waals surface area contributed by atoms with Crippen LogP contribution in [0.4, 0.5) is 0 Å². The lowest BCUT2D eigenvalue weighted by atomic mass is 10.1. The van der Waals surface area contributed by atoms with E-state index < -0.39 is 6.10 Å². The molecule has 102 valence electrons. The number of ether oxygens (including phenoxy) is 1. The third kappa shape index (κ3) is 4.31. The van der Waals surface area contributed by atoms with Crippen LogP contribution in [0.15, 0.2) is 18.2 Å². The molecule has 1 rings (SSSR count). The fourth-order valence-corrected chi connectivity index (χ4v) is 1.95. The van der Waals surface area contributed by atoms with Crippen molar-refractivity contribution < 1.29 is 9.84 Å². The Morgan fingerprint density at radius 2 is 1.94 bits per heavy atom. The summed E-state index contributed by atoms with van der Waals surface area (Å²) in [6.07, 6.45) is -0.492. The quantitative estimate of drug-likeness (QED) is 0.809. The van der Waals surface area contributed by atoms with Gasteiger partial charge in [0.1, 0.15) is 12.4 Å². The van der Waals surface area contributed by atoms with E-state index in [-0.39, 0.29) is 0 Å². The summed E-state index contributed by atoms with van der Waals surface area (Å²) in [5.74, 6) is 0.794. The van der Waals surface area contributed by atoms with Crippen molar-refractivity contribution in [2.45, 2.75) is 33.8 Å². The Kier molecular flexibility index (Phi) is 6.16. The van der Waals surface area contributed by atoms with Crippen LogP contribution >= 0.6 is 0 Å². The molecule has 0 bridgehead atoms. The van der Waals surface area contributed by atoms with Crippen LogP contribution in [-0.2, 0) is 0 Å². The average molecular weight is 251 g/mol. The molecule has 0 unspecified atom stereocenters. The number of likely N-dealkylation sites (N-methyl/N-ethyl adjacent to an activating group) is 1. The minimum atomic E-state index is -0.492. The molecular weight excluding hydrogens is 226 g/mol. The number of aliphatic hydroxyl groups excluding tert-OH is 1. The Morgan fingerprint density at radius 3 is 2.50 bits per heavy atom. The van der Waals surface area contributed by atoms with Gasteiger partial charge in [-0.15, -0.1) is 0 Å². The first-order valence-corrected chi connectivity index (χ1v) is 6.72. The van der Waals surface area contributed by atoms with E-state index in [0.717, 1.165) is 36.5 Å². The molecule has 3 heteroatoms. The molecule has 0 aliphatic heterocycles. The van der Waals surface area contributed by atoms with Crippen LogP contribution in [0.25, 0.3) is 0 Å². The van der Waals surface area contributed by atoms with Crippen molar-refractivity contribution in [3.63, 3.8) is 0 Å². The summed E-state index contributed by atoms with van der Waals surface area (Å²) in [7, 11) is 0. The summed E-state index contributed by atoms with van der Waals surface area (Å²) in [4.78, 5) is 2.32. The average Bonchev–Trinajstić information content (AvgIpc) is 2.36. The van der Waals surface area contributed by atoms with E-state index in [1.807, 2.05) is 25.1 Å². The van der Waals surface area contributed by atoms with Crippen molar-refractivity contribution in [3.05, 3.63) is 29.3 Å². The van der Waals surface area contributed by atoms with Gasteiger partial charge in [0.05, 0.1) is 6.10 Å². The van der Waals surface area contributed by atoms with Gasteiger partial charge in [0, 0.05) is 12.1 Å². The largest absolute Gasteiger partial charge is 0.492 e. The lowest BCUT2D eigenvalue weighted by molar-refractivity contribution is 0.184. The maximum Gasteiger partial charge on any atom is 0.125 e. The summed E-state index contributed by atoms with van der Waals surface area (Å²) in [6, 6.07) is 5.94. The van der Waals surface area contributed by atoms with Gasteiger partial charge < -0.3 is 14.7 Å². The molecule has 0 amide bonds. The molecule has 0 fully saturated rings. The first kappa shape index (κ1) is 15.0. The van der Waals surface area contributed by atoms with Crippen LogP contribution in [0.1, 0.15) is 38.0 Å². The molecule has 1 aromatic rings. The normalized spacial score (nSPS) is 12.8. The second kappa shape index (κ2) is 7.39. The summed E-state index contributed by atoms with van der Waals surface area (Å²) in [5, 5.41) is 9.74. The molecule has 1 N–H and O–H groups in total. The number of rotatable bonds is 7. The number of aliphatic hydroxyl groups is 1. The highest BCUT2D eigenvalue weighted by Crippen LogP contribution is 2.26. The topological polar surface area (TPSA) is 32.7 Å². The highest BCUT2D eigenvalue weighted by atomic mass is 16.5. The van der Waals surface area contributed by atoms with Crippen molar-refractivity contribution in [3.8, 4) is 5.75 Å². The fourth-order valence-electron chi connectivity index (χ4n) is 1.95. The molecule has 0 heterocycles. The zero-order chi connectivity index (χ0) is 13.5. The van der Waals surface area contributed by atoms with Crippen molar-refractivity contribution in [1.29, 1.82) is 0 Å². The van der Waals surface area contributed by atoms with Crippen LogP contribution < -0.4 is 4.74 Å². The maximum atomic E-state index is 9.74. The number of hydrogen-bond donors (Lipinski definition) is 1. The molecule has 0 aliphatic rings. The van der Waals surface area contributed by atoms with Crippen molar-refractivity contribution in [1.82, 2.24) is 4.90 Å². The van der Waals surface area contributed by atoms with Gasteiger partial charge in [0.25, 0.3) is 0 Å². The molecular formula is C15H25NO2. The second-order valence-corrected chi connectivity index (χ2v) is 4.59. The minimum Gasteiger partial charge on any atom is -0.492 e. The van der Waals surface area contributed by atoms with Gasteiger partial charge >= 0.3 is 0 Å². The molecule has 0 aliphatic carbocycles. The lowest BCUT2D eigenvalue weighted by Crippen LogP contribution is -2.28. The number of aryl methyl sites for hydroxylation is 1. The second-order valence-electron chi connectivity index (χ2n) is 4.59. The summed E-state index contributed by atoms with van der Waals surface area (Å²) < 4.78 is 5.79.